The van der Waals surface area contributed by atoms with Crippen LogP contribution in [0.3, 0.4) is 0 Å². The molecule has 0 saturated carbocycles. The lowest BCUT2D eigenvalue weighted by Crippen LogP contribution is -1.93. The first-order valence-corrected chi connectivity index (χ1v) is 5.11. The summed E-state index contributed by atoms with van der Waals surface area (Å²) in [7, 11) is 0. The van der Waals surface area contributed by atoms with Gasteiger partial charge in [-0.2, -0.15) is 0 Å². The van der Waals surface area contributed by atoms with Crippen LogP contribution in [0.2, 0.25) is 0 Å². The average molecular weight is 262 g/mol. The van der Waals surface area contributed by atoms with Gasteiger partial charge in [-0.1, -0.05) is 17.7 Å². The fraction of sp³-hybridized carbons (Fsp3) is 0.200. The first-order chi connectivity index (χ1) is 6.24. The molecule has 0 aliphatic heterocycles. The molecule has 0 bridgehead atoms. The Morgan fingerprint density at radius 2 is 2.31 bits per heavy atom. The van der Waals surface area contributed by atoms with Crippen molar-refractivity contribution >= 4 is 27.5 Å². The molecule has 3 heteroatoms. The van der Waals surface area contributed by atoms with Crippen molar-refractivity contribution in [3.63, 3.8) is 0 Å². The molecule has 0 heterocycles. The number of rotatable bonds is 3. The van der Waals surface area contributed by atoms with Gasteiger partial charge in [0.15, 0.2) is 0 Å². The van der Waals surface area contributed by atoms with Crippen LogP contribution in [0.15, 0.2) is 34.3 Å². The highest BCUT2D eigenvalue weighted by atomic mass is 79.9. The topological polar surface area (TPSA) is 9.23 Å². The first-order valence-electron chi connectivity index (χ1n) is 3.88. The van der Waals surface area contributed by atoms with Gasteiger partial charge in [-0.05, 0) is 46.6 Å². The molecule has 0 fully saturated rings. The van der Waals surface area contributed by atoms with Crippen LogP contribution in [0, 0.1) is 6.92 Å². The Kier molecular flexibility index (Phi) is 4.33. The molecule has 1 rings (SSSR count). The van der Waals surface area contributed by atoms with Crippen molar-refractivity contribution in [1.29, 1.82) is 0 Å². The molecule has 0 N–H and O–H groups in total. The van der Waals surface area contributed by atoms with Crippen LogP contribution in [0.4, 0.5) is 0 Å². The molecule has 70 valence electrons. The summed E-state index contributed by atoms with van der Waals surface area (Å²) >= 11 is 8.78. The fourth-order valence-electron chi connectivity index (χ4n) is 0.897. The van der Waals surface area contributed by atoms with Crippen molar-refractivity contribution in [2.75, 3.05) is 6.61 Å². The lowest BCUT2D eigenvalue weighted by atomic mass is 10.2. The Hall–Kier alpha value is -0.470. The number of benzene rings is 1. The zero-order chi connectivity index (χ0) is 9.68. The lowest BCUT2D eigenvalue weighted by Gasteiger charge is -2.05. The summed E-state index contributed by atoms with van der Waals surface area (Å²) in [4.78, 5) is 0. The smallest absolute Gasteiger partial charge is 0.133 e. The molecule has 0 aliphatic rings. The van der Waals surface area contributed by atoms with E-state index in [0.29, 0.717) is 6.61 Å². The van der Waals surface area contributed by atoms with E-state index in [9.17, 15) is 0 Å². The normalized spacial score (nSPS) is 10.7. The van der Waals surface area contributed by atoms with Gasteiger partial charge in [-0.3, -0.25) is 0 Å². The van der Waals surface area contributed by atoms with Crippen molar-refractivity contribution in [1.82, 2.24) is 0 Å². The largest absolute Gasteiger partial charge is 0.488 e. The molecule has 0 saturated heterocycles. The van der Waals surface area contributed by atoms with Gasteiger partial charge in [0.2, 0.25) is 0 Å². The standard InChI is InChI=1S/C10H10BrClO/c1-8-3-4-10(9(11)7-8)13-6-2-5-12/h2-5,7H,6H2,1H3/b5-2+. The van der Waals surface area contributed by atoms with Crippen molar-refractivity contribution in [2.45, 2.75) is 6.92 Å². The van der Waals surface area contributed by atoms with Crippen molar-refractivity contribution < 1.29 is 4.74 Å². The number of halogens is 2. The third kappa shape index (κ3) is 3.41. The molecule has 13 heavy (non-hydrogen) atoms. The van der Waals surface area contributed by atoms with Crippen molar-refractivity contribution in [3.05, 3.63) is 39.8 Å². The monoisotopic (exact) mass is 260 g/mol. The maximum Gasteiger partial charge on any atom is 0.133 e. The van der Waals surface area contributed by atoms with Crippen LogP contribution in [0.25, 0.3) is 0 Å². The van der Waals surface area contributed by atoms with E-state index in [1.54, 1.807) is 6.08 Å². The van der Waals surface area contributed by atoms with E-state index in [4.69, 9.17) is 16.3 Å². The van der Waals surface area contributed by atoms with Crippen LogP contribution in [-0.2, 0) is 0 Å². The van der Waals surface area contributed by atoms with E-state index >= 15 is 0 Å². The molecule has 1 nitrogen and oxygen atoms in total. The SMILES string of the molecule is Cc1ccc(OC/C=C/Cl)c(Br)c1. The second-order valence-corrected chi connectivity index (χ2v) is 3.71. The molecule has 1 aromatic rings. The summed E-state index contributed by atoms with van der Waals surface area (Å²) in [6, 6.07) is 5.95. The number of hydrogen-bond acceptors (Lipinski definition) is 1. The second-order valence-electron chi connectivity index (χ2n) is 2.61. The molecule has 1 aromatic carbocycles. The van der Waals surface area contributed by atoms with E-state index in [2.05, 4.69) is 15.9 Å². The Balaban J connectivity index is 2.66. The molecule has 0 aliphatic carbocycles. The second kappa shape index (κ2) is 5.30. The highest BCUT2D eigenvalue weighted by Crippen LogP contribution is 2.25. The highest BCUT2D eigenvalue weighted by molar-refractivity contribution is 9.10. The Bertz CT molecular complexity index is 310. The average Bonchev–Trinajstić information content (AvgIpc) is 2.09. The Morgan fingerprint density at radius 1 is 1.54 bits per heavy atom. The lowest BCUT2D eigenvalue weighted by molar-refractivity contribution is 0.360. The van der Waals surface area contributed by atoms with Gasteiger partial charge in [-0.15, -0.1) is 0 Å². The summed E-state index contributed by atoms with van der Waals surface area (Å²) in [6.45, 7) is 2.53. The summed E-state index contributed by atoms with van der Waals surface area (Å²) in [6.07, 6.45) is 1.74. The molecule has 0 aromatic heterocycles. The minimum Gasteiger partial charge on any atom is -0.488 e. The molecule has 0 radical (unpaired) electrons. The molecule has 0 atom stereocenters. The molecule has 0 unspecified atom stereocenters. The molecule has 0 amide bonds. The first kappa shape index (κ1) is 10.6. The maximum absolute atomic E-state index is 5.41. The van der Waals surface area contributed by atoms with Gasteiger partial charge < -0.3 is 4.74 Å². The quantitative estimate of drug-likeness (QED) is 0.802. The van der Waals surface area contributed by atoms with Gasteiger partial charge in [0.05, 0.1) is 4.47 Å². The van der Waals surface area contributed by atoms with Gasteiger partial charge in [-0.25, -0.2) is 0 Å². The summed E-state index contributed by atoms with van der Waals surface area (Å²) in [5.74, 6) is 0.834. The van der Waals surface area contributed by atoms with Crippen LogP contribution in [0.1, 0.15) is 5.56 Å². The zero-order valence-corrected chi connectivity index (χ0v) is 9.60. The van der Waals surface area contributed by atoms with Crippen LogP contribution in [-0.4, -0.2) is 6.61 Å². The Labute approximate surface area is 91.5 Å². The maximum atomic E-state index is 5.41. The minimum atomic E-state index is 0.491. The molecular formula is C10H10BrClO. The van der Waals surface area contributed by atoms with Crippen molar-refractivity contribution in [2.24, 2.45) is 0 Å². The molecular weight excluding hydrogens is 251 g/mol. The van der Waals surface area contributed by atoms with Crippen LogP contribution in [0.5, 0.6) is 5.75 Å². The number of ether oxygens (including phenoxy) is 1. The van der Waals surface area contributed by atoms with Gasteiger partial charge in [0, 0.05) is 5.54 Å². The number of aryl methyl sites for hydroxylation is 1. The van der Waals surface area contributed by atoms with Crippen molar-refractivity contribution in [3.8, 4) is 5.75 Å². The third-order valence-electron chi connectivity index (χ3n) is 1.51. The third-order valence-corrected chi connectivity index (χ3v) is 2.31. The summed E-state index contributed by atoms with van der Waals surface area (Å²) < 4.78 is 6.38. The van der Waals surface area contributed by atoms with E-state index in [1.165, 1.54) is 11.1 Å². The molecule has 0 spiro atoms. The van der Waals surface area contributed by atoms with E-state index in [1.807, 2.05) is 25.1 Å². The predicted molar refractivity (Wildman–Crippen MR) is 59.4 cm³/mol. The fourth-order valence-corrected chi connectivity index (χ4v) is 1.58. The van der Waals surface area contributed by atoms with E-state index in [0.717, 1.165) is 10.2 Å². The number of hydrogen-bond donors (Lipinski definition) is 0. The summed E-state index contributed by atoms with van der Waals surface area (Å²) in [5, 5.41) is 0. The van der Waals surface area contributed by atoms with Crippen LogP contribution >= 0.6 is 27.5 Å². The zero-order valence-electron chi connectivity index (χ0n) is 7.26. The predicted octanol–water partition coefficient (Wildman–Crippen LogP) is 3.89. The van der Waals surface area contributed by atoms with E-state index in [-0.39, 0.29) is 0 Å². The van der Waals surface area contributed by atoms with Gasteiger partial charge in [0.1, 0.15) is 12.4 Å². The van der Waals surface area contributed by atoms with Gasteiger partial charge >= 0.3 is 0 Å². The summed E-state index contributed by atoms with van der Waals surface area (Å²) in [5.41, 5.74) is 2.65. The van der Waals surface area contributed by atoms with Crippen LogP contribution < -0.4 is 4.74 Å². The highest BCUT2D eigenvalue weighted by Gasteiger charge is 1.98. The van der Waals surface area contributed by atoms with E-state index < -0.39 is 0 Å². The Morgan fingerprint density at radius 3 is 2.92 bits per heavy atom. The van der Waals surface area contributed by atoms with Gasteiger partial charge in [0.25, 0.3) is 0 Å². The minimum absolute atomic E-state index is 0.491.